The minimum Gasteiger partial charge on any atom is -0.234 e. The maximum absolute atomic E-state index is 12.4. The summed E-state index contributed by atoms with van der Waals surface area (Å²) in [5.74, 6) is 0. The predicted molar refractivity (Wildman–Crippen MR) is 94.1 cm³/mol. The van der Waals surface area contributed by atoms with Crippen LogP contribution in [0, 0.1) is 0 Å². The topological polar surface area (TPSA) is 29.4 Å². The van der Waals surface area contributed by atoms with Crippen LogP contribution in [0.4, 0.5) is 0 Å². The quantitative estimate of drug-likeness (QED) is 0.723. The van der Waals surface area contributed by atoms with E-state index in [9.17, 15) is 4.21 Å². The molecule has 2 aromatic rings. The molecule has 0 saturated heterocycles. The van der Waals surface area contributed by atoms with Gasteiger partial charge in [0.1, 0.15) is 11.0 Å². The van der Waals surface area contributed by atoms with Gasteiger partial charge in [-0.2, -0.15) is 4.40 Å². The Balaban J connectivity index is 2.59. The first-order valence-electron chi connectivity index (χ1n) is 6.70. The number of hydrogen-bond donors (Lipinski definition) is 0. The van der Waals surface area contributed by atoms with Crippen LogP contribution >= 0.6 is 15.9 Å². The van der Waals surface area contributed by atoms with Crippen LogP contribution in [0.5, 0.6) is 0 Å². The van der Waals surface area contributed by atoms with Crippen LogP contribution in [-0.4, -0.2) is 14.7 Å². The summed E-state index contributed by atoms with van der Waals surface area (Å²) in [5.41, 5.74) is 2.65. The molecule has 21 heavy (non-hydrogen) atoms. The lowest BCUT2D eigenvalue weighted by molar-refractivity contribution is 0.650. The Kier molecular flexibility index (Phi) is 5.12. The zero-order valence-corrected chi connectivity index (χ0v) is 14.7. The van der Waals surface area contributed by atoms with Crippen molar-refractivity contribution in [2.24, 2.45) is 4.40 Å². The Morgan fingerprint density at radius 1 is 1.00 bits per heavy atom. The third-order valence-corrected chi connectivity index (χ3v) is 4.96. The summed E-state index contributed by atoms with van der Waals surface area (Å²) in [6.45, 7) is 5.78. The van der Waals surface area contributed by atoms with Crippen molar-refractivity contribution in [2.75, 3.05) is 0 Å². The van der Waals surface area contributed by atoms with Crippen molar-refractivity contribution in [3.8, 4) is 0 Å². The molecule has 0 aromatic heterocycles. The molecule has 0 radical (unpaired) electrons. The minimum absolute atomic E-state index is 0.388. The monoisotopic (exact) mass is 363 g/mol. The molecule has 1 atom stereocenters. The zero-order chi connectivity index (χ0) is 15.5. The highest BCUT2D eigenvalue weighted by Crippen LogP contribution is 2.23. The molecule has 2 aromatic carbocycles. The van der Waals surface area contributed by atoms with Crippen LogP contribution < -0.4 is 0 Å². The predicted octanol–water partition coefficient (Wildman–Crippen LogP) is 4.75. The highest BCUT2D eigenvalue weighted by Gasteiger charge is 2.21. The van der Waals surface area contributed by atoms with Gasteiger partial charge < -0.3 is 0 Å². The van der Waals surface area contributed by atoms with Crippen molar-refractivity contribution in [3.05, 3.63) is 70.2 Å². The molecule has 0 aliphatic carbocycles. The summed E-state index contributed by atoms with van der Waals surface area (Å²) in [4.78, 5) is 0. The van der Waals surface area contributed by atoms with Gasteiger partial charge in [-0.15, -0.1) is 0 Å². The SMILES string of the molecule is CC(C)(C)[S@@](=O)/N=C(/c1ccccc1)c1ccccc1Br. The van der Waals surface area contributed by atoms with Gasteiger partial charge in [-0.3, -0.25) is 0 Å². The van der Waals surface area contributed by atoms with E-state index in [0.717, 1.165) is 21.3 Å². The fourth-order valence-corrected chi connectivity index (χ4v) is 2.84. The average molecular weight is 364 g/mol. The molecule has 2 rings (SSSR count). The van der Waals surface area contributed by atoms with Crippen LogP contribution in [0.15, 0.2) is 63.5 Å². The average Bonchev–Trinajstić information content (AvgIpc) is 2.45. The first-order chi connectivity index (χ1) is 9.89. The molecule has 0 aliphatic heterocycles. The van der Waals surface area contributed by atoms with Crippen LogP contribution in [0.3, 0.4) is 0 Å². The third-order valence-electron chi connectivity index (χ3n) is 2.87. The summed E-state index contributed by atoms with van der Waals surface area (Å²) in [5, 5.41) is 0. The Bertz CT molecular complexity index is 675. The van der Waals surface area contributed by atoms with E-state index in [-0.39, 0.29) is 4.75 Å². The van der Waals surface area contributed by atoms with E-state index in [0.29, 0.717) is 0 Å². The first kappa shape index (κ1) is 16.1. The zero-order valence-electron chi connectivity index (χ0n) is 12.3. The van der Waals surface area contributed by atoms with Crippen LogP contribution in [0.2, 0.25) is 0 Å². The molecule has 0 N–H and O–H groups in total. The molecule has 2 nitrogen and oxygen atoms in total. The van der Waals surface area contributed by atoms with Crippen LogP contribution in [0.1, 0.15) is 31.9 Å². The van der Waals surface area contributed by atoms with E-state index in [1.54, 1.807) is 0 Å². The molecule has 4 heteroatoms. The van der Waals surface area contributed by atoms with Crippen LogP contribution in [-0.2, 0) is 11.0 Å². The largest absolute Gasteiger partial charge is 0.234 e. The summed E-state index contributed by atoms with van der Waals surface area (Å²) in [6, 6.07) is 17.7. The summed E-state index contributed by atoms with van der Waals surface area (Å²) in [7, 11) is -1.31. The maximum atomic E-state index is 12.4. The molecule has 0 spiro atoms. The van der Waals surface area contributed by atoms with E-state index in [1.807, 2.05) is 75.4 Å². The lowest BCUT2D eigenvalue weighted by atomic mass is 10.0. The van der Waals surface area contributed by atoms with E-state index < -0.39 is 11.0 Å². The summed E-state index contributed by atoms with van der Waals surface area (Å²) < 4.78 is 17.5. The van der Waals surface area contributed by atoms with Gasteiger partial charge in [0.25, 0.3) is 0 Å². The fourth-order valence-electron chi connectivity index (χ4n) is 1.73. The minimum atomic E-state index is -1.31. The normalized spacial score (nSPS) is 14.0. The Morgan fingerprint density at radius 2 is 1.57 bits per heavy atom. The second kappa shape index (κ2) is 6.67. The Labute approximate surface area is 137 Å². The highest BCUT2D eigenvalue weighted by molar-refractivity contribution is 9.10. The van der Waals surface area contributed by atoms with Gasteiger partial charge in [-0.25, -0.2) is 4.21 Å². The molecule has 0 fully saturated rings. The molecule has 110 valence electrons. The lowest BCUT2D eigenvalue weighted by Crippen LogP contribution is -2.21. The van der Waals surface area contributed by atoms with Crippen molar-refractivity contribution in [3.63, 3.8) is 0 Å². The van der Waals surface area contributed by atoms with E-state index in [4.69, 9.17) is 0 Å². The van der Waals surface area contributed by atoms with Crippen molar-refractivity contribution in [1.82, 2.24) is 0 Å². The number of hydrogen-bond acceptors (Lipinski definition) is 1. The van der Waals surface area contributed by atoms with E-state index in [2.05, 4.69) is 20.3 Å². The molecule has 0 bridgehead atoms. The third kappa shape index (κ3) is 4.11. The molecule has 0 aliphatic rings. The number of benzene rings is 2. The van der Waals surface area contributed by atoms with Gasteiger partial charge in [0.2, 0.25) is 0 Å². The van der Waals surface area contributed by atoms with Gasteiger partial charge in [-0.1, -0.05) is 64.5 Å². The maximum Gasteiger partial charge on any atom is 0.145 e. The molecule has 0 amide bonds. The molecular weight excluding hydrogens is 346 g/mol. The highest BCUT2D eigenvalue weighted by atomic mass is 79.9. The second-order valence-electron chi connectivity index (χ2n) is 5.65. The number of nitrogens with zero attached hydrogens (tertiary/aromatic N) is 1. The molecular formula is C17H18BrNOS. The molecule has 0 unspecified atom stereocenters. The van der Waals surface area contributed by atoms with E-state index >= 15 is 0 Å². The first-order valence-corrected chi connectivity index (χ1v) is 8.60. The van der Waals surface area contributed by atoms with Gasteiger partial charge >= 0.3 is 0 Å². The molecule has 0 saturated carbocycles. The number of halogens is 1. The lowest BCUT2D eigenvalue weighted by Gasteiger charge is -2.16. The van der Waals surface area contributed by atoms with E-state index in [1.165, 1.54) is 0 Å². The van der Waals surface area contributed by atoms with Crippen molar-refractivity contribution in [2.45, 2.75) is 25.5 Å². The smallest absolute Gasteiger partial charge is 0.145 e. The van der Waals surface area contributed by atoms with Gasteiger partial charge in [-0.05, 0) is 26.8 Å². The summed E-state index contributed by atoms with van der Waals surface area (Å²) in [6.07, 6.45) is 0. The van der Waals surface area contributed by atoms with Gasteiger partial charge in [0.15, 0.2) is 0 Å². The van der Waals surface area contributed by atoms with Crippen molar-refractivity contribution in [1.29, 1.82) is 0 Å². The standard InChI is InChI=1S/C17H18BrNOS/c1-17(2,3)21(20)19-16(13-9-5-4-6-10-13)14-11-7-8-12-15(14)18/h4-12H,1-3H3/b19-16-/t21-/m1/s1. The van der Waals surface area contributed by atoms with Crippen molar-refractivity contribution < 1.29 is 4.21 Å². The second-order valence-corrected chi connectivity index (χ2v) is 8.41. The fraction of sp³-hybridized carbons (Fsp3) is 0.235. The number of rotatable bonds is 3. The Morgan fingerprint density at radius 3 is 2.14 bits per heavy atom. The summed E-state index contributed by atoms with van der Waals surface area (Å²) >= 11 is 3.55. The van der Waals surface area contributed by atoms with Crippen molar-refractivity contribution >= 4 is 32.6 Å². The van der Waals surface area contributed by atoms with Crippen LogP contribution in [0.25, 0.3) is 0 Å². The van der Waals surface area contributed by atoms with Gasteiger partial charge in [0, 0.05) is 15.6 Å². The van der Waals surface area contributed by atoms with Gasteiger partial charge in [0.05, 0.1) is 10.5 Å². The molecule has 0 heterocycles. The Hall–Kier alpha value is -1.26.